The summed E-state index contributed by atoms with van der Waals surface area (Å²) < 4.78 is 17.8. The Hall–Kier alpha value is -2.86. The molecule has 3 N–H and O–H groups in total. The summed E-state index contributed by atoms with van der Waals surface area (Å²) in [5.74, 6) is 1.19. The van der Waals surface area contributed by atoms with Gasteiger partial charge in [0.25, 0.3) is 0 Å². The highest BCUT2D eigenvalue weighted by molar-refractivity contribution is 7.85. The summed E-state index contributed by atoms with van der Waals surface area (Å²) in [6.07, 6.45) is 1.83. The number of nitrogens with zero attached hydrogens (tertiary/aromatic N) is 1. The Morgan fingerprint density at radius 3 is 2.81 bits per heavy atom. The molecule has 0 aliphatic carbocycles. The first-order valence-electron chi connectivity index (χ1n) is 8.76. The Morgan fingerprint density at radius 2 is 2.07 bits per heavy atom. The molecule has 6 heteroatoms. The molecule has 0 radical (unpaired) electrons. The van der Waals surface area contributed by atoms with E-state index in [2.05, 4.69) is 16.0 Å². The van der Waals surface area contributed by atoms with Crippen molar-refractivity contribution in [3.8, 4) is 16.9 Å². The summed E-state index contributed by atoms with van der Waals surface area (Å²) in [5.41, 5.74) is 11.5. The van der Waals surface area contributed by atoms with E-state index in [-0.39, 0.29) is 0 Å². The third-order valence-electron chi connectivity index (χ3n) is 4.72. The molecule has 0 aliphatic rings. The standard InChI is InChI=1S/C21H21N3O2S/c1-4-27(25)14-7-5-6-13(9-14)15-10-17(22)20(26-3)19-18(15)16-8-12(2)11-23-21(16)24-19/h5-11H,4,22H2,1-3H3,(H,23,24). The Labute approximate surface area is 160 Å². The summed E-state index contributed by atoms with van der Waals surface area (Å²) in [6.45, 7) is 3.94. The van der Waals surface area contributed by atoms with Gasteiger partial charge < -0.3 is 15.5 Å². The molecular formula is C21H21N3O2S. The van der Waals surface area contributed by atoms with Crippen molar-refractivity contribution in [2.24, 2.45) is 0 Å². The fraction of sp³-hybridized carbons (Fsp3) is 0.190. The summed E-state index contributed by atoms with van der Waals surface area (Å²) >= 11 is 0. The van der Waals surface area contributed by atoms with E-state index in [1.807, 2.05) is 50.4 Å². The average molecular weight is 379 g/mol. The lowest BCUT2D eigenvalue weighted by atomic mass is 9.98. The Bertz CT molecular complexity index is 1200. The second-order valence-electron chi connectivity index (χ2n) is 6.49. The van der Waals surface area contributed by atoms with Gasteiger partial charge in [0.15, 0.2) is 5.75 Å². The molecule has 138 valence electrons. The lowest BCUT2D eigenvalue weighted by Crippen LogP contribution is -1.96. The predicted molar refractivity (Wildman–Crippen MR) is 112 cm³/mol. The monoisotopic (exact) mass is 379 g/mol. The summed E-state index contributed by atoms with van der Waals surface area (Å²) in [4.78, 5) is 8.68. The van der Waals surface area contributed by atoms with Crippen LogP contribution in [0, 0.1) is 6.92 Å². The van der Waals surface area contributed by atoms with Crippen molar-refractivity contribution in [1.29, 1.82) is 0 Å². The Kier molecular flexibility index (Phi) is 4.36. The fourth-order valence-electron chi connectivity index (χ4n) is 3.48. The number of hydrogen-bond acceptors (Lipinski definition) is 4. The number of H-pyrrole nitrogens is 1. The van der Waals surface area contributed by atoms with Gasteiger partial charge in [0, 0.05) is 27.6 Å². The molecule has 1 unspecified atom stereocenters. The van der Waals surface area contributed by atoms with Gasteiger partial charge >= 0.3 is 0 Å². The molecule has 0 saturated heterocycles. The van der Waals surface area contributed by atoms with Gasteiger partial charge in [-0.25, -0.2) is 4.98 Å². The highest BCUT2D eigenvalue weighted by Gasteiger charge is 2.18. The van der Waals surface area contributed by atoms with Crippen LogP contribution >= 0.6 is 0 Å². The summed E-state index contributed by atoms with van der Waals surface area (Å²) in [5, 5.41) is 2.02. The van der Waals surface area contributed by atoms with E-state index in [0.717, 1.165) is 43.5 Å². The average Bonchev–Trinajstić information content (AvgIpc) is 3.05. The molecule has 0 aliphatic heterocycles. The van der Waals surface area contributed by atoms with Crippen molar-refractivity contribution >= 4 is 38.4 Å². The van der Waals surface area contributed by atoms with Crippen LogP contribution in [-0.2, 0) is 10.8 Å². The number of nitrogens with two attached hydrogens (primary N) is 1. The zero-order chi connectivity index (χ0) is 19.1. The first kappa shape index (κ1) is 17.5. The lowest BCUT2D eigenvalue weighted by Gasteiger charge is -2.12. The zero-order valence-electron chi connectivity index (χ0n) is 15.5. The number of hydrogen-bond donors (Lipinski definition) is 2. The predicted octanol–water partition coefficient (Wildman–Crippen LogP) is 4.41. The molecule has 0 fully saturated rings. The van der Waals surface area contributed by atoms with Gasteiger partial charge in [-0.1, -0.05) is 19.1 Å². The number of benzene rings is 2. The smallest absolute Gasteiger partial charge is 0.165 e. The van der Waals surface area contributed by atoms with Crippen LogP contribution in [0.2, 0.25) is 0 Å². The maximum absolute atomic E-state index is 12.3. The molecule has 2 aromatic heterocycles. The Balaban J connectivity index is 2.10. The first-order valence-corrected chi connectivity index (χ1v) is 10.1. The fourth-order valence-corrected chi connectivity index (χ4v) is 4.30. The van der Waals surface area contributed by atoms with Crippen molar-refractivity contribution in [1.82, 2.24) is 9.97 Å². The van der Waals surface area contributed by atoms with Crippen molar-refractivity contribution in [3.05, 3.63) is 48.2 Å². The summed E-state index contributed by atoms with van der Waals surface area (Å²) in [6, 6.07) is 11.8. The minimum atomic E-state index is -1.02. The van der Waals surface area contributed by atoms with Crippen LogP contribution in [0.25, 0.3) is 33.1 Å². The molecule has 0 saturated carbocycles. The van der Waals surface area contributed by atoms with E-state index >= 15 is 0 Å². The van der Waals surface area contributed by atoms with Gasteiger partial charge in [0.2, 0.25) is 0 Å². The minimum Gasteiger partial charge on any atom is -0.492 e. The number of fused-ring (bicyclic) bond motifs is 3. The van der Waals surface area contributed by atoms with E-state index in [4.69, 9.17) is 10.5 Å². The number of aromatic amines is 1. The van der Waals surface area contributed by atoms with Crippen molar-refractivity contribution in [2.45, 2.75) is 18.7 Å². The molecule has 1 atom stereocenters. The van der Waals surface area contributed by atoms with E-state index in [9.17, 15) is 4.21 Å². The molecule has 4 rings (SSSR count). The molecule has 4 aromatic rings. The van der Waals surface area contributed by atoms with Gasteiger partial charge in [-0.3, -0.25) is 4.21 Å². The molecule has 2 aromatic carbocycles. The molecule has 0 spiro atoms. The van der Waals surface area contributed by atoms with Crippen LogP contribution in [0.3, 0.4) is 0 Å². The maximum atomic E-state index is 12.3. The van der Waals surface area contributed by atoms with Gasteiger partial charge in [-0.15, -0.1) is 0 Å². The van der Waals surface area contributed by atoms with Crippen LogP contribution < -0.4 is 10.5 Å². The highest BCUT2D eigenvalue weighted by atomic mass is 32.2. The topological polar surface area (TPSA) is 81.0 Å². The van der Waals surface area contributed by atoms with Gasteiger partial charge in [0.05, 0.1) is 29.1 Å². The van der Waals surface area contributed by atoms with Crippen LogP contribution in [-0.4, -0.2) is 27.0 Å². The van der Waals surface area contributed by atoms with Gasteiger partial charge in [0.1, 0.15) is 5.65 Å². The third-order valence-corrected chi connectivity index (χ3v) is 6.02. The molecular weight excluding hydrogens is 358 g/mol. The molecule has 27 heavy (non-hydrogen) atoms. The number of nitrogen functional groups attached to an aromatic ring is 1. The number of ether oxygens (including phenoxy) is 1. The molecule has 0 bridgehead atoms. The van der Waals surface area contributed by atoms with Crippen molar-refractivity contribution in [3.63, 3.8) is 0 Å². The second-order valence-corrected chi connectivity index (χ2v) is 8.23. The van der Waals surface area contributed by atoms with E-state index in [1.165, 1.54) is 0 Å². The van der Waals surface area contributed by atoms with Crippen molar-refractivity contribution < 1.29 is 8.95 Å². The van der Waals surface area contributed by atoms with E-state index in [1.54, 1.807) is 7.11 Å². The van der Waals surface area contributed by atoms with Gasteiger partial charge in [-0.2, -0.15) is 0 Å². The normalized spacial score (nSPS) is 12.6. The number of methoxy groups -OCH3 is 1. The zero-order valence-corrected chi connectivity index (χ0v) is 16.3. The lowest BCUT2D eigenvalue weighted by molar-refractivity contribution is 0.421. The van der Waals surface area contributed by atoms with Crippen molar-refractivity contribution in [2.75, 3.05) is 18.6 Å². The SMILES string of the molecule is CCS(=O)c1cccc(-c2cc(N)c(OC)c3[nH]c4ncc(C)cc4c23)c1. The molecule has 5 nitrogen and oxygen atoms in total. The maximum Gasteiger partial charge on any atom is 0.165 e. The number of anilines is 1. The van der Waals surface area contributed by atoms with Crippen LogP contribution in [0.5, 0.6) is 5.75 Å². The molecule has 0 amide bonds. The largest absolute Gasteiger partial charge is 0.492 e. The molecule has 2 heterocycles. The second kappa shape index (κ2) is 6.70. The van der Waals surface area contributed by atoms with E-state index in [0.29, 0.717) is 17.2 Å². The number of aromatic nitrogens is 2. The summed E-state index contributed by atoms with van der Waals surface area (Å²) in [7, 11) is 0.594. The quantitative estimate of drug-likeness (QED) is 0.515. The number of pyridine rings is 1. The van der Waals surface area contributed by atoms with Gasteiger partial charge in [-0.05, 0) is 47.9 Å². The number of rotatable bonds is 4. The third kappa shape index (κ3) is 2.86. The number of nitrogens with one attached hydrogen (secondary N) is 1. The van der Waals surface area contributed by atoms with Crippen LogP contribution in [0.4, 0.5) is 5.69 Å². The highest BCUT2D eigenvalue weighted by Crippen LogP contribution is 2.42. The minimum absolute atomic E-state index is 0.547. The Morgan fingerprint density at radius 1 is 1.26 bits per heavy atom. The number of aryl methyl sites for hydroxylation is 1. The van der Waals surface area contributed by atoms with Crippen LogP contribution in [0.15, 0.2) is 47.5 Å². The first-order chi connectivity index (χ1) is 13.0. The van der Waals surface area contributed by atoms with E-state index < -0.39 is 10.8 Å². The van der Waals surface area contributed by atoms with Crippen LogP contribution in [0.1, 0.15) is 12.5 Å².